The fourth-order valence-electron chi connectivity index (χ4n) is 3.15. The van der Waals surface area contributed by atoms with Crippen molar-refractivity contribution < 1.29 is 5.11 Å². The molecule has 1 saturated heterocycles. The molecular weight excluding hydrogens is 266 g/mol. The van der Waals surface area contributed by atoms with Crippen LogP contribution in [-0.2, 0) is 7.05 Å². The highest BCUT2D eigenvalue weighted by Crippen LogP contribution is 2.32. The normalized spacial score (nSPS) is 17.7. The molecule has 1 fully saturated rings. The summed E-state index contributed by atoms with van der Waals surface area (Å²) in [5.74, 6) is 2.09. The van der Waals surface area contributed by atoms with Crippen molar-refractivity contribution in [3.63, 3.8) is 0 Å². The summed E-state index contributed by atoms with van der Waals surface area (Å²) >= 11 is 0. The number of nitrogens with zero attached hydrogens (tertiary/aromatic N) is 5. The minimum absolute atomic E-state index is 0.348. The van der Waals surface area contributed by atoms with Crippen LogP contribution in [0, 0.1) is 12.8 Å². The third-order valence-corrected chi connectivity index (χ3v) is 4.48. The maximum atomic E-state index is 10.2. The summed E-state index contributed by atoms with van der Waals surface area (Å²) in [6.07, 6.45) is 3.80. The predicted molar refractivity (Wildman–Crippen MR) is 82.3 cm³/mol. The molecule has 0 radical (unpaired) electrons. The molecule has 0 bridgehead atoms. The predicted octanol–water partition coefficient (Wildman–Crippen LogP) is 1.66. The van der Waals surface area contributed by atoms with Gasteiger partial charge in [0.1, 0.15) is 11.6 Å². The average molecular weight is 289 g/mol. The number of hydrogen-bond acceptors (Lipinski definition) is 5. The van der Waals surface area contributed by atoms with Gasteiger partial charge in [0.25, 0.3) is 0 Å². The molecular formula is C15H23N5O. The molecule has 2 aromatic heterocycles. The maximum Gasteiger partial charge on any atom is 0.163 e. The summed E-state index contributed by atoms with van der Waals surface area (Å²) in [6.45, 7) is 7.55. The summed E-state index contributed by atoms with van der Waals surface area (Å²) in [4.78, 5) is 11.4. The van der Waals surface area contributed by atoms with Crippen LogP contribution in [0.25, 0.3) is 11.0 Å². The van der Waals surface area contributed by atoms with Gasteiger partial charge in [-0.25, -0.2) is 9.97 Å². The van der Waals surface area contributed by atoms with E-state index in [4.69, 9.17) is 0 Å². The lowest BCUT2D eigenvalue weighted by Gasteiger charge is -2.38. The van der Waals surface area contributed by atoms with Gasteiger partial charge in [-0.05, 0) is 39.5 Å². The number of aromatic nitrogens is 4. The lowest BCUT2D eigenvalue weighted by molar-refractivity contribution is 0.00648. The molecule has 0 amide bonds. The summed E-state index contributed by atoms with van der Waals surface area (Å²) in [6, 6.07) is 0. The zero-order valence-corrected chi connectivity index (χ0v) is 13.2. The van der Waals surface area contributed by atoms with Crippen LogP contribution < -0.4 is 4.90 Å². The van der Waals surface area contributed by atoms with E-state index in [0.717, 1.165) is 48.6 Å². The zero-order chi connectivity index (χ0) is 15.2. The van der Waals surface area contributed by atoms with E-state index < -0.39 is 5.60 Å². The number of aliphatic hydroxyl groups is 1. The molecule has 21 heavy (non-hydrogen) atoms. The van der Waals surface area contributed by atoms with Gasteiger partial charge in [0.15, 0.2) is 5.65 Å². The van der Waals surface area contributed by atoms with Gasteiger partial charge in [-0.15, -0.1) is 0 Å². The van der Waals surface area contributed by atoms with Crippen LogP contribution in [-0.4, -0.2) is 43.5 Å². The molecule has 0 spiro atoms. The Morgan fingerprint density at radius 2 is 1.90 bits per heavy atom. The number of aryl methyl sites for hydroxylation is 2. The summed E-state index contributed by atoms with van der Waals surface area (Å²) in [7, 11) is 1.90. The van der Waals surface area contributed by atoms with E-state index in [1.54, 1.807) is 4.68 Å². The van der Waals surface area contributed by atoms with Crippen molar-refractivity contribution in [2.75, 3.05) is 18.0 Å². The summed E-state index contributed by atoms with van der Waals surface area (Å²) in [5.41, 5.74) is 0.277. The van der Waals surface area contributed by atoms with Gasteiger partial charge >= 0.3 is 0 Å². The summed E-state index contributed by atoms with van der Waals surface area (Å²) < 4.78 is 1.79. The number of anilines is 1. The highest BCUT2D eigenvalue weighted by atomic mass is 16.3. The second-order valence-corrected chi connectivity index (χ2v) is 6.51. The first-order valence-electron chi connectivity index (χ1n) is 7.50. The van der Waals surface area contributed by atoms with E-state index >= 15 is 0 Å². The Hall–Kier alpha value is -1.69. The van der Waals surface area contributed by atoms with Gasteiger partial charge in [-0.2, -0.15) is 5.10 Å². The Bertz CT molecular complexity index is 650. The summed E-state index contributed by atoms with van der Waals surface area (Å²) in [5, 5.41) is 15.5. The van der Waals surface area contributed by atoms with E-state index in [1.807, 2.05) is 34.0 Å². The first-order chi connectivity index (χ1) is 9.86. The van der Waals surface area contributed by atoms with Gasteiger partial charge in [0.05, 0.1) is 17.2 Å². The Labute approximate surface area is 124 Å². The molecule has 6 heteroatoms. The van der Waals surface area contributed by atoms with E-state index in [-0.39, 0.29) is 0 Å². The SMILES string of the molecule is Cc1nc(N2CCC(C(C)(C)O)CC2)c2cnn(C)c2n1. The Morgan fingerprint density at radius 3 is 2.52 bits per heavy atom. The molecule has 0 aromatic carbocycles. The van der Waals surface area contributed by atoms with E-state index in [9.17, 15) is 5.11 Å². The molecule has 1 aliphatic heterocycles. The van der Waals surface area contributed by atoms with Crippen LogP contribution in [0.2, 0.25) is 0 Å². The second kappa shape index (κ2) is 4.94. The molecule has 0 saturated carbocycles. The molecule has 6 nitrogen and oxygen atoms in total. The topological polar surface area (TPSA) is 67.1 Å². The molecule has 0 atom stereocenters. The first kappa shape index (κ1) is 14.3. The van der Waals surface area contributed by atoms with Crippen molar-refractivity contribution in [3.8, 4) is 0 Å². The van der Waals surface area contributed by atoms with Crippen molar-refractivity contribution in [2.45, 2.75) is 39.2 Å². The van der Waals surface area contributed by atoms with Crippen LogP contribution in [0.5, 0.6) is 0 Å². The van der Waals surface area contributed by atoms with Gasteiger partial charge in [0, 0.05) is 20.1 Å². The van der Waals surface area contributed by atoms with E-state index in [0.29, 0.717) is 5.92 Å². The Morgan fingerprint density at radius 1 is 1.24 bits per heavy atom. The monoisotopic (exact) mass is 289 g/mol. The lowest BCUT2D eigenvalue weighted by Crippen LogP contribution is -2.42. The van der Waals surface area contributed by atoms with Gasteiger partial charge < -0.3 is 10.0 Å². The molecule has 2 aromatic rings. The van der Waals surface area contributed by atoms with Crippen LogP contribution in [0.1, 0.15) is 32.5 Å². The van der Waals surface area contributed by atoms with Crippen LogP contribution in [0.4, 0.5) is 5.82 Å². The molecule has 1 aliphatic rings. The third-order valence-electron chi connectivity index (χ3n) is 4.48. The fraction of sp³-hybridized carbons (Fsp3) is 0.667. The van der Waals surface area contributed by atoms with Gasteiger partial charge in [-0.1, -0.05) is 0 Å². The molecule has 0 unspecified atom stereocenters. The van der Waals surface area contributed by atoms with Crippen LogP contribution in [0.15, 0.2) is 6.20 Å². The molecule has 0 aliphatic carbocycles. The minimum Gasteiger partial charge on any atom is -0.390 e. The average Bonchev–Trinajstić information content (AvgIpc) is 2.79. The molecule has 3 rings (SSSR count). The van der Waals surface area contributed by atoms with Crippen LogP contribution >= 0.6 is 0 Å². The lowest BCUT2D eigenvalue weighted by atomic mass is 9.83. The number of fused-ring (bicyclic) bond motifs is 1. The molecule has 3 heterocycles. The molecule has 1 N–H and O–H groups in total. The number of piperidine rings is 1. The molecule has 114 valence electrons. The Kier molecular flexibility index (Phi) is 3.36. The van der Waals surface area contributed by atoms with E-state index in [2.05, 4.69) is 20.0 Å². The Balaban J connectivity index is 1.89. The van der Waals surface area contributed by atoms with Crippen molar-refractivity contribution in [3.05, 3.63) is 12.0 Å². The van der Waals surface area contributed by atoms with Crippen molar-refractivity contribution in [2.24, 2.45) is 13.0 Å². The van der Waals surface area contributed by atoms with Gasteiger partial charge in [-0.3, -0.25) is 4.68 Å². The van der Waals surface area contributed by atoms with Crippen LogP contribution in [0.3, 0.4) is 0 Å². The quantitative estimate of drug-likeness (QED) is 0.910. The smallest absolute Gasteiger partial charge is 0.163 e. The van der Waals surface area contributed by atoms with E-state index in [1.165, 1.54) is 0 Å². The van der Waals surface area contributed by atoms with Gasteiger partial charge in [0.2, 0.25) is 0 Å². The highest BCUT2D eigenvalue weighted by Gasteiger charge is 2.31. The number of hydrogen-bond donors (Lipinski definition) is 1. The van der Waals surface area contributed by atoms with Crippen molar-refractivity contribution in [1.29, 1.82) is 0 Å². The van der Waals surface area contributed by atoms with Crippen molar-refractivity contribution in [1.82, 2.24) is 19.7 Å². The standard InChI is InChI=1S/C15H23N5O/c1-10-17-13-12(9-16-19(13)4)14(18-10)20-7-5-11(6-8-20)15(2,3)21/h9,11,21H,5-8H2,1-4H3. The second-order valence-electron chi connectivity index (χ2n) is 6.51. The maximum absolute atomic E-state index is 10.2. The fourth-order valence-corrected chi connectivity index (χ4v) is 3.15. The third kappa shape index (κ3) is 2.60. The minimum atomic E-state index is -0.600. The van der Waals surface area contributed by atoms with Crippen molar-refractivity contribution >= 4 is 16.9 Å². The first-order valence-corrected chi connectivity index (χ1v) is 7.50. The highest BCUT2D eigenvalue weighted by molar-refractivity contribution is 5.87. The number of rotatable bonds is 2. The zero-order valence-electron chi connectivity index (χ0n) is 13.2. The largest absolute Gasteiger partial charge is 0.390 e.